The molecule has 5 heteroatoms. The molecule has 0 aromatic carbocycles. The molecule has 0 unspecified atom stereocenters. The van der Waals surface area contributed by atoms with Gasteiger partial charge in [-0.05, 0) is 12.8 Å². The summed E-state index contributed by atoms with van der Waals surface area (Å²) in [5, 5.41) is 14.7. The lowest BCUT2D eigenvalue weighted by molar-refractivity contribution is -0.126. The van der Waals surface area contributed by atoms with Crippen LogP contribution in [0.5, 0.6) is 0 Å². The van der Waals surface area contributed by atoms with Crippen molar-refractivity contribution in [3.05, 3.63) is 16.6 Å². The van der Waals surface area contributed by atoms with E-state index in [-0.39, 0.29) is 12.3 Å². The number of amides is 1. The maximum Gasteiger partial charge on any atom is 0.223 e. The largest absolute Gasteiger partial charge is 0.389 e. The van der Waals surface area contributed by atoms with E-state index in [1.165, 1.54) is 11.3 Å². The average molecular weight is 240 g/mol. The molecule has 1 aliphatic carbocycles. The lowest BCUT2D eigenvalue weighted by Gasteiger charge is -2.20. The Morgan fingerprint density at radius 1 is 1.56 bits per heavy atom. The van der Waals surface area contributed by atoms with Crippen molar-refractivity contribution in [1.29, 1.82) is 0 Å². The standard InChI is InChI=1S/C11H16N2O2S/c14-10(5-11(15)3-1-2-4-11)12-6-9-7-16-8-13-9/h7-8,15H,1-6H2,(H,12,14). The number of carbonyl (C=O) groups is 1. The Kier molecular flexibility index (Phi) is 3.56. The predicted octanol–water partition coefficient (Wildman–Crippen LogP) is 1.45. The molecule has 0 spiro atoms. The van der Waals surface area contributed by atoms with Gasteiger partial charge in [0.25, 0.3) is 0 Å². The molecule has 2 rings (SSSR count). The van der Waals surface area contributed by atoms with Crippen LogP contribution >= 0.6 is 11.3 Å². The average Bonchev–Trinajstić information content (AvgIpc) is 2.86. The number of thiazole rings is 1. The molecule has 1 amide bonds. The number of carbonyl (C=O) groups excluding carboxylic acids is 1. The summed E-state index contributed by atoms with van der Waals surface area (Å²) in [6.45, 7) is 0.457. The van der Waals surface area contributed by atoms with Crippen LogP contribution in [0.3, 0.4) is 0 Å². The van der Waals surface area contributed by atoms with Gasteiger partial charge >= 0.3 is 0 Å². The van der Waals surface area contributed by atoms with Crippen LogP contribution in [0, 0.1) is 0 Å². The van der Waals surface area contributed by atoms with E-state index in [0.717, 1.165) is 31.4 Å². The van der Waals surface area contributed by atoms with Crippen LogP contribution in [0.4, 0.5) is 0 Å². The van der Waals surface area contributed by atoms with E-state index < -0.39 is 5.60 Å². The number of hydrogen-bond donors (Lipinski definition) is 2. The van der Waals surface area contributed by atoms with Gasteiger partial charge in [0.1, 0.15) is 0 Å². The highest BCUT2D eigenvalue weighted by molar-refractivity contribution is 7.07. The molecule has 1 heterocycles. The molecule has 16 heavy (non-hydrogen) atoms. The van der Waals surface area contributed by atoms with E-state index in [1.807, 2.05) is 5.38 Å². The van der Waals surface area contributed by atoms with Gasteiger partial charge in [0.05, 0.1) is 29.8 Å². The molecule has 1 fully saturated rings. The highest BCUT2D eigenvalue weighted by Crippen LogP contribution is 2.32. The second-order valence-electron chi connectivity index (χ2n) is 4.36. The minimum Gasteiger partial charge on any atom is -0.389 e. The molecule has 0 bridgehead atoms. The third-order valence-electron chi connectivity index (χ3n) is 2.97. The van der Waals surface area contributed by atoms with Crippen molar-refractivity contribution in [1.82, 2.24) is 10.3 Å². The van der Waals surface area contributed by atoms with Gasteiger partial charge in [0.15, 0.2) is 0 Å². The van der Waals surface area contributed by atoms with E-state index >= 15 is 0 Å². The van der Waals surface area contributed by atoms with E-state index in [2.05, 4.69) is 10.3 Å². The van der Waals surface area contributed by atoms with Crippen LogP contribution in [0.2, 0.25) is 0 Å². The summed E-state index contributed by atoms with van der Waals surface area (Å²) < 4.78 is 0. The lowest BCUT2D eigenvalue weighted by Crippen LogP contribution is -2.34. The molecule has 0 saturated heterocycles. The van der Waals surface area contributed by atoms with Crippen molar-refractivity contribution in [3.8, 4) is 0 Å². The van der Waals surface area contributed by atoms with Crippen LogP contribution in [0.1, 0.15) is 37.8 Å². The summed E-state index contributed by atoms with van der Waals surface area (Å²) in [5.74, 6) is -0.0857. The Hall–Kier alpha value is -0.940. The summed E-state index contributed by atoms with van der Waals surface area (Å²) in [4.78, 5) is 15.7. The van der Waals surface area contributed by atoms with E-state index in [0.29, 0.717) is 6.54 Å². The highest BCUT2D eigenvalue weighted by atomic mass is 32.1. The van der Waals surface area contributed by atoms with Crippen molar-refractivity contribution in [2.45, 2.75) is 44.2 Å². The number of aliphatic hydroxyl groups is 1. The van der Waals surface area contributed by atoms with Crippen molar-refractivity contribution in [2.75, 3.05) is 0 Å². The van der Waals surface area contributed by atoms with Crippen molar-refractivity contribution >= 4 is 17.2 Å². The topological polar surface area (TPSA) is 62.2 Å². The maximum atomic E-state index is 11.6. The van der Waals surface area contributed by atoms with Crippen LogP contribution in [-0.4, -0.2) is 21.6 Å². The Labute approximate surface area is 98.7 Å². The molecule has 0 aliphatic heterocycles. The van der Waals surface area contributed by atoms with Gasteiger partial charge in [0.2, 0.25) is 5.91 Å². The van der Waals surface area contributed by atoms with Gasteiger partial charge in [-0.15, -0.1) is 11.3 Å². The second-order valence-corrected chi connectivity index (χ2v) is 5.08. The molecule has 1 saturated carbocycles. The third kappa shape index (κ3) is 3.02. The summed E-state index contributed by atoms with van der Waals surface area (Å²) in [5.41, 5.74) is 1.86. The zero-order valence-electron chi connectivity index (χ0n) is 9.11. The van der Waals surface area contributed by atoms with E-state index in [9.17, 15) is 9.90 Å². The van der Waals surface area contributed by atoms with Crippen molar-refractivity contribution in [3.63, 3.8) is 0 Å². The van der Waals surface area contributed by atoms with Gasteiger partial charge in [-0.1, -0.05) is 12.8 Å². The Bertz CT molecular complexity index is 345. The molecule has 88 valence electrons. The fourth-order valence-corrected chi connectivity index (χ4v) is 2.64. The van der Waals surface area contributed by atoms with Crippen molar-refractivity contribution in [2.24, 2.45) is 0 Å². The SMILES string of the molecule is O=C(CC1(O)CCCC1)NCc1cscn1. The van der Waals surface area contributed by atoms with E-state index in [4.69, 9.17) is 0 Å². The number of aromatic nitrogens is 1. The van der Waals surface area contributed by atoms with Crippen LogP contribution in [0.15, 0.2) is 10.9 Å². The zero-order chi connectivity index (χ0) is 11.4. The molecule has 2 N–H and O–H groups in total. The lowest BCUT2D eigenvalue weighted by atomic mass is 9.98. The van der Waals surface area contributed by atoms with Crippen molar-refractivity contribution < 1.29 is 9.90 Å². The summed E-state index contributed by atoms with van der Waals surface area (Å²) >= 11 is 1.51. The molecule has 1 aliphatic rings. The first-order chi connectivity index (χ1) is 7.68. The molecule has 1 aromatic rings. The Morgan fingerprint density at radius 3 is 2.94 bits per heavy atom. The summed E-state index contributed by atoms with van der Waals surface area (Å²) in [6.07, 6.45) is 3.76. The fraction of sp³-hybridized carbons (Fsp3) is 0.636. The normalized spacial score (nSPS) is 18.6. The van der Waals surface area contributed by atoms with Gasteiger partial charge in [0, 0.05) is 5.38 Å². The van der Waals surface area contributed by atoms with Gasteiger partial charge in [-0.3, -0.25) is 4.79 Å². The van der Waals surface area contributed by atoms with Crippen LogP contribution in [-0.2, 0) is 11.3 Å². The first-order valence-corrected chi connectivity index (χ1v) is 6.48. The maximum absolute atomic E-state index is 11.6. The van der Waals surface area contributed by atoms with Crippen LogP contribution < -0.4 is 5.32 Å². The third-order valence-corrected chi connectivity index (χ3v) is 3.61. The number of rotatable bonds is 4. The van der Waals surface area contributed by atoms with Gasteiger partial charge in [-0.25, -0.2) is 4.98 Å². The monoisotopic (exact) mass is 240 g/mol. The van der Waals surface area contributed by atoms with Gasteiger partial charge < -0.3 is 10.4 Å². The van der Waals surface area contributed by atoms with Crippen LogP contribution in [0.25, 0.3) is 0 Å². The molecule has 0 radical (unpaired) electrons. The molecule has 0 atom stereocenters. The number of nitrogens with one attached hydrogen (secondary N) is 1. The van der Waals surface area contributed by atoms with Gasteiger partial charge in [-0.2, -0.15) is 0 Å². The molecular weight excluding hydrogens is 224 g/mol. The number of nitrogens with zero attached hydrogens (tertiary/aromatic N) is 1. The zero-order valence-corrected chi connectivity index (χ0v) is 9.92. The molecular formula is C11H16N2O2S. The highest BCUT2D eigenvalue weighted by Gasteiger charge is 2.33. The quantitative estimate of drug-likeness (QED) is 0.837. The predicted molar refractivity (Wildman–Crippen MR) is 62.0 cm³/mol. The molecule has 4 nitrogen and oxygen atoms in total. The summed E-state index contributed by atoms with van der Waals surface area (Å²) in [6, 6.07) is 0. The minimum atomic E-state index is -0.758. The fourth-order valence-electron chi connectivity index (χ4n) is 2.09. The Morgan fingerprint density at radius 2 is 2.31 bits per heavy atom. The van der Waals surface area contributed by atoms with E-state index in [1.54, 1.807) is 5.51 Å². The smallest absolute Gasteiger partial charge is 0.223 e. The minimum absolute atomic E-state index is 0.0857. The first-order valence-electron chi connectivity index (χ1n) is 5.54. The second kappa shape index (κ2) is 4.93. The summed E-state index contributed by atoms with van der Waals surface area (Å²) in [7, 11) is 0. The molecule has 1 aromatic heterocycles. The Balaban J connectivity index is 1.76. The first kappa shape index (κ1) is 11.5. The number of hydrogen-bond acceptors (Lipinski definition) is 4.